The number of likely N-dealkylation sites (tertiary alicyclic amines) is 1. The van der Waals surface area contributed by atoms with Crippen molar-refractivity contribution in [3.8, 4) is 11.8 Å². The number of amides is 1. The number of aromatic nitrogens is 1. The van der Waals surface area contributed by atoms with Gasteiger partial charge in [0.2, 0.25) is 5.91 Å². The molecule has 6 heteroatoms. The molecule has 1 amide bonds. The van der Waals surface area contributed by atoms with E-state index in [-0.39, 0.29) is 11.8 Å². The number of nitriles is 1. The molecule has 1 saturated heterocycles. The van der Waals surface area contributed by atoms with Gasteiger partial charge in [0, 0.05) is 18.7 Å². The third-order valence-electron chi connectivity index (χ3n) is 4.78. The van der Waals surface area contributed by atoms with Crippen LogP contribution < -0.4 is 10.1 Å². The number of benzene rings is 1. The maximum Gasteiger partial charge on any atom is 0.228 e. The standard InChI is InChI=1S/C21H24N4O2/c1-16-6-9-23-20(14-16)24-21(26)18-7-10-25(11-8-18)12-13-27-19-4-2-17(15-22)3-5-19/h2-6,9,14,18H,7-8,10-13H2,1H3,(H,23,24,26). The molecule has 3 rings (SSSR count). The van der Waals surface area contributed by atoms with Crippen molar-refractivity contribution in [3.05, 3.63) is 53.7 Å². The summed E-state index contributed by atoms with van der Waals surface area (Å²) in [5.74, 6) is 1.48. The summed E-state index contributed by atoms with van der Waals surface area (Å²) in [5, 5.41) is 11.7. The molecule has 0 spiro atoms. The number of pyridine rings is 1. The van der Waals surface area contributed by atoms with Crippen LogP contribution in [0.4, 0.5) is 5.82 Å². The summed E-state index contributed by atoms with van der Waals surface area (Å²) in [7, 11) is 0. The van der Waals surface area contributed by atoms with Crippen LogP contribution in [0.2, 0.25) is 0 Å². The van der Waals surface area contributed by atoms with E-state index in [1.165, 1.54) is 0 Å². The van der Waals surface area contributed by atoms with Crippen molar-refractivity contribution in [1.82, 2.24) is 9.88 Å². The van der Waals surface area contributed by atoms with Crippen molar-refractivity contribution in [2.24, 2.45) is 5.92 Å². The lowest BCUT2D eigenvalue weighted by Gasteiger charge is -2.31. The molecule has 1 aromatic carbocycles. The number of carbonyl (C=O) groups excluding carboxylic acids is 1. The van der Waals surface area contributed by atoms with Crippen LogP contribution in [-0.4, -0.2) is 42.0 Å². The second-order valence-electron chi connectivity index (χ2n) is 6.81. The van der Waals surface area contributed by atoms with Gasteiger partial charge in [0.15, 0.2) is 0 Å². The molecule has 140 valence electrons. The third-order valence-corrected chi connectivity index (χ3v) is 4.78. The highest BCUT2D eigenvalue weighted by Crippen LogP contribution is 2.19. The SMILES string of the molecule is Cc1ccnc(NC(=O)C2CCN(CCOc3ccc(C#N)cc3)CC2)c1. The Hall–Kier alpha value is -2.91. The smallest absolute Gasteiger partial charge is 0.228 e. The normalized spacial score (nSPS) is 15.1. The molecule has 0 bridgehead atoms. The summed E-state index contributed by atoms with van der Waals surface area (Å²) in [4.78, 5) is 18.9. The number of nitrogens with zero attached hydrogens (tertiary/aromatic N) is 3. The molecule has 1 aromatic heterocycles. The number of anilines is 1. The molecule has 0 radical (unpaired) electrons. The highest BCUT2D eigenvalue weighted by molar-refractivity contribution is 5.91. The fraction of sp³-hybridized carbons (Fsp3) is 0.381. The Labute approximate surface area is 159 Å². The summed E-state index contributed by atoms with van der Waals surface area (Å²) >= 11 is 0. The lowest BCUT2D eigenvalue weighted by atomic mass is 9.96. The molecular formula is C21H24N4O2. The van der Waals surface area contributed by atoms with Crippen molar-refractivity contribution in [3.63, 3.8) is 0 Å². The molecule has 2 heterocycles. The zero-order valence-corrected chi connectivity index (χ0v) is 15.5. The molecule has 2 aromatic rings. The van der Waals surface area contributed by atoms with Gasteiger partial charge in [0.05, 0.1) is 11.6 Å². The van der Waals surface area contributed by atoms with Crippen molar-refractivity contribution >= 4 is 11.7 Å². The van der Waals surface area contributed by atoms with Crippen LogP contribution in [0.1, 0.15) is 24.0 Å². The van der Waals surface area contributed by atoms with E-state index in [9.17, 15) is 4.79 Å². The monoisotopic (exact) mass is 364 g/mol. The van der Waals surface area contributed by atoms with E-state index in [0.29, 0.717) is 18.0 Å². The highest BCUT2D eigenvalue weighted by atomic mass is 16.5. The van der Waals surface area contributed by atoms with Gasteiger partial charge in [-0.15, -0.1) is 0 Å². The van der Waals surface area contributed by atoms with Crippen LogP contribution in [0, 0.1) is 24.2 Å². The first-order valence-corrected chi connectivity index (χ1v) is 9.23. The first-order chi connectivity index (χ1) is 13.1. The summed E-state index contributed by atoms with van der Waals surface area (Å²) < 4.78 is 5.73. The van der Waals surface area contributed by atoms with Crippen LogP contribution in [0.25, 0.3) is 0 Å². The van der Waals surface area contributed by atoms with Gasteiger partial charge in [0.1, 0.15) is 18.2 Å². The molecule has 1 fully saturated rings. The quantitative estimate of drug-likeness (QED) is 0.852. The van der Waals surface area contributed by atoms with E-state index in [1.807, 2.05) is 31.2 Å². The van der Waals surface area contributed by atoms with Gasteiger partial charge in [-0.1, -0.05) is 0 Å². The summed E-state index contributed by atoms with van der Waals surface area (Å²) in [6, 6.07) is 13.0. The highest BCUT2D eigenvalue weighted by Gasteiger charge is 2.25. The van der Waals surface area contributed by atoms with Gasteiger partial charge < -0.3 is 10.1 Å². The van der Waals surface area contributed by atoms with Crippen molar-refractivity contribution in [2.45, 2.75) is 19.8 Å². The van der Waals surface area contributed by atoms with Crippen LogP contribution in [-0.2, 0) is 4.79 Å². The first kappa shape index (κ1) is 18.9. The molecule has 0 atom stereocenters. The summed E-state index contributed by atoms with van der Waals surface area (Å²) in [6.45, 7) is 5.17. The average molecular weight is 364 g/mol. The van der Waals surface area contributed by atoms with E-state index in [4.69, 9.17) is 10.00 Å². The molecule has 6 nitrogen and oxygen atoms in total. The summed E-state index contributed by atoms with van der Waals surface area (Å²) in [5.41, 5.74) is 1.71. The van der Waals surface area contributed by atoms with E-state index < -0.39 is 0 Å². The van der Waals surface area contributed by atoms with Gasteiger partial charge in [-0.25, -0.2) is 4.98 Å². The van der Waals surface area contributed by atoms with Gasteiger partial charge in [0.25, 0.3) is 0 Å². The van der Waals surface area contributed by atoms with Crippen LogP contribution >= 0.6 is 0 Å². The lowest BCUT2D eigenvalue weighted by Crippen LogP contribution is -2.40. The maximum absolute atomic E-state index is 12.4. The Balaban J connectivity index is 1.38. The Kier molecular flexibility index (Phi) is 6.39. The number of nitrogens with one attached hydrogen (secondary N) is 1. The largest absolute Gasteiger partial charge is 0.492 e. The first-order valence-electron chi connectivity index (χ1n) is 9.23. The van der Waals surface area contributed by atoms with E-state index in [1.54, 1.807) is 18.3 Å². The second kappa shape index (κ2) is 9.15. The van der Waals surface area contributed by atoms with Crippen molar-refractivity contribution in [2.75, 3.05) is 31.6 Å². The third kappa shape index (κ3) is 5.53. The van der Waals surface area contributed by atoms with Crippen LogP contribution in [0.15, 0.2) is 42.6 Å². The Morgan fingerprint density at radius 1 is 1.30 bits per heavy atom. The Morgan fingerprint density at radius 2 is 2.04 bits per heavy atom. The minimum atomic E-state index is 0.0306. The predicted octanol–water partition coefficient (Wildman–Crippen LogP) is 2.99. The Bertz CT molecular complexity index is 806. The molecule has 1 N–H and O–H groups in total. The lowest BCUT2D eigenvalue weighted by molar-refractivity contribution is -0.121. The zero-order valence-electron chi connectivity index (χ0n) is 15.5. The number of hydrogen-bond donors (Lipinski definition) is 1. The molecule has 1 aliphatic rings. The van der Waals surface area contributed by atoms with Gasteiger partial charge in [-0.3, -0.25) is 9.69 Å². The van der Waals surface area contributed by atoms with Gasteiger partial charge >= 0.3 is 0 Å². The molecule has 0 aliphatic carbocycles. The number of hydrogen-bond acceptors (Lipinski definition) is 5. The average Bonchev–Trinajstić information content (AvgIpc) is 2.69. The fourth-order valence-electron chi connectivity index (χ4n) is 3.17. The minimum absolute atomic E-state index is 0.0306. The van der Waals surface area contributed by atoms with Crippen LogP contribution in [0.5, 0.6) is 5.75 Å². The predicted molar refractivity (Wildman–Crippen MR) is 103 cm³/mol. The molecule has 1 aliphatic heterocycles. The molecule has 0 saturated carbocycles. The minimum Gasteiger partial charge on any atom is -0.492 e. The zero-order chi connectivity index (χ0) is 19.1. The summed E-state index contributed by atoms with van der Waals surface area (Å²) in [6.07, 6.45) is 3.39. The molecule has 27 heavy (non-hydrogen) atoms. The number of carbonyl (C=O) groups is 1. The van der Waals surface area contributed by atoms with Crippen molar-refractivity contribution < 1.29 is 9.53 Å². The number of aryl methyl sites for hydroxylation is 1. The van der Waals surface area contributed by atoms with E-state index >= 15 is 0 Å². The number of rotatable bonds is 6. The Morgan fingerprint density at radius 3 is 2.70 bits per heavy atom. The number of ether oxygens (including phenoxy) is 1. The topological polar surface area (TPSA) is 78.2 Å². The fourth-order valence-corrected chi connectivity index (χ4v) is 3.17. The van der Waals surface area contributed by atoms with Gasteiger partial charge in [-0.2, -0.15) is 5.26 Å². The van der Waals surface area contributed by atoms with Crippen molar-refractivity contribution in [1.29, 1.82) is 5.26 Å². The second-order valence-corrected chi connectivity index (χ2v) is 6.81. The molecular weight excluding hydrogens is 340 g/mol. The van der Waals surface area contributed by atoms with E-state index in [0.717, 1.165) is 43.8 Å². The molecule has 0 unspecified atom stereocenters. The van der Waals surface area contributed by atoms with E-state index in [2.05, 4.69) is 21.3 Å². The van der Waals surface area contributed by atoms with Crippen LogP contribution in [0.3, 0.4) is 0 Å². The van der Waals surface area contributed by atoms with Gasteiger partial charge in [-0.05, 0) is 74.8 Å². The maximum atomic E-state index is 12.4. The number of piperidine rings is 1.